The van der Waals surface area contributed by atoms with Crippen LogP contribution in [0.5, 0.6) is 23.1 Å². The van der Waals surface area contributed by atoms with E-state index in [1.54, 1.807) is 27.5 Å². The number of aliphatic imine (C=N–C) groups is 1. The van der Waals surface area contributed by atoms with E-state index in [-0.39, 0.29) is 0 Å². The van der Waals surface area contributed by atoms with Crippen molar-refractivity contribution in [3.8, 4) is 23.1 Å². The van der Waals surface area contributed by atoms with E-state index in [9.17, 15) is 0 Å². The molecular formula is C23H26N4O3. The summed E-state index contributed by atoms with van der Waals surface area (Å²) in [6, 6.07) is 19.1. The maximum atomic E-state index is 5.75. The highest BCUT2D eigenvalue weighted by Gasteiger charge is 2.05. The van der Waals surface area contributed by atoms with Crippen LogP contribution in [0.1, 0.15) is 11.1 Å². The lowest BCUT2D eigenvalue weighted by molar-refractivity contribution is 0.409. The molecular weight excluding hydrogens is 380 g/mol. The Labute approximate surface area is 176 Å². The second kappa shape index (κ2) is 10.7. The number of nitrogens with one attached hydrogen (secondary N) is 2. The minimum atomic E-state index is 0.530. The Bertz CT molecular complexity index is 957. The molecule has 1 aromatic heterocycles. The van der Waals surface area contributed by atoms with Crippen LogP contribution in [0.3, 0.4) is 0 Å². The predicted molar refractivity (Wildman–Crippen MR) is 117 cm³/mol. The highest BCUT2D eigenvalue weighted by molar-refractivity contribution is 5.79. The number of hydrogen-bond donors (Lipinski definition) is 2. The van der Waals surface area contributed by atoms with E-state index in [0.717, 1.165) is 22.6 Å². The molecule has 0 amide bonds. The molecule has 156 valence electrons. The normalized spacial score (nSPS) is 11.0. The van der Waals surface area contributed by atoms with Gasteiger partial charge >= 0.3 is 0 Å². The van der Waals surface area contributed by atoms with E-state index in [1.165, 1.54) is 0 Å². The molecule has 30 heavy (non-hydrogen) atoms. The Balaban J connectivity index is 1.50. The third-order valence-electron chi connectivity index (χ3n) is 4.40. The van der Waals surface area contributed by atoms with E-state index in [1.807, 2.05) is 60.7 Å². The van der Waals surface area contributed by atoms with Crippen molar-refractivity contribution in [2.75, 3.05) is 21.3 Å². The summed E-state index contributed by atoms with van der Waals surface area (Å²) in [5.41, 5.74) is 2.07. The number of methoxy groups -OCH3 is 2. The van der Waals surface area contributed by atoms with Crippen molar-refractivity contribution in [2.45, 2.75) is 13.1 Å². The summed E-state index contributed by atoms with van der Waals surface area (Å²) in [6.07, 6.45) is 1.78. The Morgan fingerprint density at radius 3 is 2.27 bits per heavy atom. The first kappa shape index (κ1) is 21.0. The number of aromatic nitrogens is 1. The lowest BCUT2D eigenvalue weighted by Gasteiger charge is -2.14. The fourth-order valence-corrected chi connectivity index (χ4v) is 2.77. The SMILES string of the molecule is CN=C(NCc1ccc(Oc2ccc(OC)cc2)nc1)NCc1ccccc1OC. The maximum absolute atomic E-state index is 5.75. The number of para-hydroxylation sites is 1. The zero-order chi connectivity index (χ0) is 21.2. The number of rotatable bonds is 8. The molecule has 0 atom stereocenters. The molecule has 0 aliphatic carbocycles. The first-order valence-electron chi connectivity index (χ1n) is 9.55. The highest BCUT2D eigenvalue weighted by atomic mass is 16.5. The first-order chi connectivity index (χ1) is 14.7. The van der Waals surface area contributed by atoms with Crippen LogP contribution in [0.25, 0.3) is 0 Å². The Morgan fingerprint density at radius 2 is 1.60 bits per heavy atom. The van der Waals surface area contributed by atoms with Gasteiger partial charge in [0.25, 0.3) is 0 Å². The quantitative estimate of drug-likeness (QED) is 0.438. The molecule has 0 bridgehead atoms. The monoisotopic (exact) mass is 406 g/mol. The molecule has 7 nitrogen and oxygen atoms in total. The Kier molecular flexibility index (Phi) is 7.49. The van der Waals surface area contributed by atoms with Gasteiger partial charge in [0.2, 0.25) is 5.88 Å². The summed E-state index contributed by atoms with van der Waals surface area (Å²) in [6.45, 7) is 1.19. The lowest BCUT2D eigenvalue weighted by atomic mass is 10.2. The van der Waals surface area contributed by atoms with Gasteiger partial charge in [-0.15, -0.1) is 0 Å². The molecule has 7 heteroatoms. The van der Waals surface area contributed by atoms with Crippen LogP contribution in [0.4, 0.5) is 0 Å². The van der Waals surface area contributed by atoms with Crippen LogP contribution in [0, 0.1) is 0 Å². The number of pyridine rings is 1. The summed E-state index contributed by atoms with van der Waals surface area (Å²) in [5.74, 6) is 3.55. The fraction of sp³-hybridized carbons (Fsp3) is 0.217. The van der Waals surface area contributed by atoms with Crippen LogP contribution in [-0.2, 0) is 13.1 Å². The molecule has 1 heterocycles. The lowest BCUT2D eigenvalue weighted by Crippen LogP contribution is -2.36. The average molecular weight is 406 g/mol. The summed E-state index contributed by atoms with van der Waals surface area (Å²) >= 11 is 0. The molecule has 3 rings (SSSR count). The molecule has 0 unspecified atom stereocenters. The molecule has 0 spiro atoms. The van der Waals surface area contributed by atoms with Crippen LogP contribution < -0.4 is 24.8 Å². The molecule has 0 radical (unpaired) electrons. The van der Waals surface area contributed by atoms with Gasteiger partial charge in [0.1, 0.15) is 17.2 Å². The van der Waals surface area contributed by atoms with Crippen molar-refractivity contribution in [1.29, 1.82) is 0 Å². The summed E-state index contributed by atoms with van der Waals surface area (Å²) < 4.78 is 16.3. The summed E-state index contributed by atoms with van der Waals surface area (Å²) in [5, 5.41) is 6.57. The van der Waals surface area contributed by atoms with Crippen LogP contribution in [-0.4, -0.2) is 32.2 Å². The van der Waals surface area contributed by atoms with E-state index < -0.39 is 0 Å². The van der Waals surface area contributed by atoms with Gasteiger partial charge in [0.15, 0.2) is 5.96 Å². The summed E-state index contributed by atoms with van der Waals surface area (Å²) in [7, 11) is 5.04. The standard InChI is InChI=1S/C23H26N4O3/c1-24-23(27-16-18-6-4-5-7-21(18)29-3)26-15-17-8-13-22(25-14-17)30-20-11-9-19(28-2)10-12-20/h4-14H,15-16H2,1-3H3,(H2,24,26,27). The van der Waals surface area contributed by atoms with Crippen molar-refractivity contribution >= 4 is 5.96 Å². The minimum Gasteiger partial charge on any atom is -0.497 e. The van der Waals surface area contributed by atoms with Crippen molar-refractivity contribution in [1.82, 2.24) is 15.6 Å². The molecule has 3 aromatic rings. The van der Waals surface area contributed by atoms with Crippen LogP contribution >= 0.6 is 0 Å². The van der Waals surface area contributed by atoms with E-state index in [4.69, 9.17) is 14.2 Å². The van der Waals surface area contributed by atoms with Gasteiger partial charge in [0, 0.05) is 38.0 Å². The van der Waals surface area contributed by atoms with Crippen LogP contribution in [0.2, 0.25) is 0 Å². The van der Waals surface area contributed by atoms with Gasteiger partial charge in [-0.3, -0.25) is 4.99 Å². The van der Waals surface area contributed by atoms with E-state index in [0.29, 0.717) is 30.7 Å². The number of ether oxygens (including phenoxy) is 3. The van der Waals surface area contributed by atoms with Crippen molar-refractivity contribution in [2.24, 2.45) is 4.99 Å². The van der Waals surface area contributed by atoms with Gasteiger partial charge in [-0.1, -0.05) is 24.3 Å². The number of nitrogens with zero attached hydrogens (tertiary/aromatic N) is 2. The van der Waals surface area contributed by atoms with Crippen molar-refractivity contribution < 1.29 is 14.2 Å². The van der Waals surface area contributed by atoms with Crippen molar-refractivity contribution in [3.05, 3.63) is 78.0 Å². The molecule has 0 fully saturated rings. The largest absolute Gasteiger partial charge is 0.497 e. The third kappa shape index (κ3) is 5.88. The smallest absolute Gasteiger partial charge is 0.219 e. The topological polar surface area (TPSA) is 77.0 Å². The zero-order valence-electron chi connectivity index (χ0n) is 17.4. The molecule has 0 aliphatic rings. The van der Waals surface area contributed by atoms with Gasteiger partial charge < -0.3 is 24.8 Å². The Hall–Kier alpha value is -3.74. The van der Waals surface area contributed by atoms with Crippen LogP contribution in [0.15, 0.2) is 71.9 Å². The Morgan fingerprint density at radius 1 is 0.867 bits per heavy atom. The fourth-order valence-electron chi connectivity index (χ4n) is 2.77. The predicted octanol–water partition coefficient (Wildman–Crippen LogP) is 3.76. The molecule has 2 N–H and O–H groups in total. The van der Waals surface area contributed by atoms with Crippen molar-refractivity contribution in [3.63, 3.8) is 0 Å². The summed E-state index contributed by atoms with van der Waals surface area (Å²) in [4.78, 5) is 8.63. The van der Waals surface area contributed by atoms with E-state index in [2.05, 4.69) is 20.6 Å². The zero-order valence-corrected chi connectivity index (χ0v) is 17.4. The van der Waals surface area contributed by atoms with Gasteiger partial charge in [-0.05, 0) is 35.9 Å². The highest BCUT2D eigenvalue weighted by Crippen LogP contribution is 2.22. The molecule has 0 aliphatic heterocycles. The van der Waals surface area contributed by atoms with Gasteiger partial charge in [-0.2, -0.15) is 0 Å². The number of guanidine groups is 1. The first-order valence-corrected chi connectivity index (χ1v) is 9.55. The van der Waals surface area contributed by atoms with E-state index >= 15 is 0 Å². The molecule has 2 aromatic carbocycles. The van der Waals surface area contributed by atoms with Gasteiger partial charge in [-0.25, -0.2) is 4.98 Å². The second-order valence-electron chi connectivity index (χ2n) is 6.37. The second-order valence-corrected chi connectivity index (χ2v) is 6.37. The average Bonchev–Trinajstić information content (AvgIpc) is 2.81. The minimum absolute atomic E-state index is 0.530. The number of hydrogen-bond acceptors (Lipinski definition) is 5. The van der Waals surface area contributed by atoms with Gasteiger partial charge in [0.05, 0.1) is 14.2 Å². The molecule has 0 saturated heterocycles. The molecule has 0 saturated carbocycles. The maximum Gasteiger partial charge on any atom is 0.219 e. The number of benzene rings is 2. The third-order valence-corrected chi connectivity index (χ3v) is 4.40.